The monoisotopic (exact) mass is 380 g/mol. The fraction of sp³-hybridized carbons (Fsp3) is 0.381. The second-order valence-electron chi connectivity index (χ2n) is 7.23. The van der Waals surface area contributed by atoms with E-state index in [1.54, 1.807) is 13.3 Å². The van der Waals surface area contributed by atoms with Crippen molar-refractivity contribution >= 4 is 5.91 Å². The topological polar surface area (TPSA) is 84.2 Å². The fourth-order valence-electron chi connectivity index (χ4n) is 3.76. The molecule has 0 radical (unpaired) electrons. The summed E-state index contributed by atoms with van der Waals surface area (Å²) in [7, 11) is 1.64. The molecule has 1 saturated heterocycles. The van der Waals surface area contributed by atoms with E-state index in [-0.39, 0.29) is 11.8 Å². The van der Waals surface area contributed by atoms with Crippen LogP contribution in [0.15, 0.2) is 41.1 Å². The molecule has 3 heterocycles. The number of carbonyl (C=O) groups excluding carboxylic acids is 1. The molecule has 146 valence electrons. The smallest absolute Gasteiger partial charge is 0.227 e. The molecule has 28 heavy (non-hydrogen) atoms. The third-order valence-electron chi connectivity index (χ3n) is 5.26. The summed E-state index contributed by atoms with van der Waals surface area (Å²) in [5, 5.41) is 11.3. The first kappa shape index (κ1) is 18.3. The van der Waals surface area contributed by atoms with E-state index in [4.69, 9.17) is 9.26 Å². The molecule has 1 fully saturated rings. The summed E-state index contributed by atoms with van der Waals surface area (Å²) >= 11 is 0. The number of piperidine rings is 1. The first-order chi connectivity index (χ1) is 13.6. The Morgan fingerprint density at radius 3 is 2.89 bits per heavy atom. The fourth-order valence-corrected chi connectivity index (χ4v) is 3.76. The number of aromatic nitrogens is 3. The lowest BCUT2D eigenvalue weighted by atomic mass is 9.91. The zero-order valence-electron chi connectivity index (χ0n) is 16.1. The second-order valence-corrected chi connectivity index (χ2v) is 7.23. The van der Waals surface area contributed by atoms with E-state index in [1.165, 1.54) is 0 Å². The molecule has 0 saturated carbocycles. The van der Waals surface area contributed by atoms with Gasteiger partial charge in [0.1, 0.15) is 5.75 Å². The highest BCUT2D eigenvalue weighted by molar-refractivity contribution is 5.79. The number of methoxy groups -OCH3 is 1. The number of hydrogen-bond donors (Lipinski definition) is 1. The van der Waals surface area contributed by atoms with Crippen LogP contribution in [0.2, 0.25) is 0 Å². The van der Waals surface area contributed by atoms with Crippen LogP contribution >= 0.6 is 0 Å². The Morgan fingerprint density at radius 2 is 2.18 bits per heavy atom. The molecule has 0 spiro atoms. The highest BCUT2D eigenvalue weighted by atomic mass is 16.5. The van der Waals surface area contributed by atoms with Crippen molar-refractivity contribution in [1.82, 2.24) is 20.3 Å². The summed E-state index contributed by atoms with van der Waals surface area (Å²) in [6, 6.07) is 9.56. The Morgan fingerprint density at radius 1 is 1.36 bits per heavy atom. The first-order valence-corrected chi connectivity index (χ1v) is 9.51. The van der Waals surface area contributed by atoms with Crippen molar-refractivity contribution in [2.24, 2.45) is 0 Å². The number of amides is 1. The van der Waals surface area contributed by atoms with Crippen molar-refractivity contribution in [2.75, 3.05) is 20.2 Å². The normalized spacial score (nSPS) is 16.9. The molecule has 0 bridgehead atoms. The number of ether oxygens (including phenoxy) is 1. The van der Waals surface area contributed by atoms with Crippen LogP contribution in [-0.2, 0) is 11.2 Å². The second kappa shape index (κ2) is 7.88. The predicted molar refractivity (Wildman–Crippen MR) is 104 cm³/mol. The number of likely N-dealkylation sites (tertiary alicyclic amines) is 1. The lowest BCUT2D eigenvalue weighted by Gasteiger charge is -2.32. The summed E-state index contributed by atoms with van der Waals surface area (Å²) in [5.74, 6) is 1.86. The third-order valence-corrected chi connectivity index (χ3v) is 5.26. The van der Waals surface area contributed by atoms with Crippen molar-refractivity contribution in [3.05, 3.63) is 53.5 Å². The van der Waals surface area contributed by atoms with Crippen LogP contribution in [0.4, 0.5) is 0 Å². The van der Waals surface area contributed by atoms with Gasteiger partial charge in [0.05, 0.1) is 36.7 Å². The molecule has 1 amide bonds. The summed E-state index contributed by atoms with van der Waals surface area (Å²) in [4.78, 5) is 14.8. The molecule has 2 aromatic heterocycles. The number of aromatic amines is 1. The van der Waals surface area contributed by atoms with Crippen LogP contribution in [0.3, 0.4) is 0 Å². The van der Waals surface area contributed by atoms with Crippen molar-refractivity contribution < 1.29 is 14.1 Å². The highest BCUT2D eigenvalue weighted by Crippen LogP contribution is 2.33. The predicted octanol–water partition coefficient (Wildman–Crippen LogP) is 3.33. The van der Waals surface area contributed by atoms with Crippen LogP contribution in [0, 0.1) is 6.92 Å². The van der Waals surface area contributed by atoms with Gasteiger partial charge in [-0.1, -0.05) is 17.3 Å². The van der Waals surface area contributed by atoms with E-state index in [2.05, 4.69) is 15.4 Å². The molecule has 4 rings (SSSR count). The molecule has 0 unspecified atom stereocenters. The molecular weight excluding hydrogens is 356 g/mol. The summed E-state index contributed by atoms with van der Waals surface area (Å²) in [6.07, 6.45) is 4.14. The standard InChI is InChI=1S/C21H24N4O3/c1-14-10-19(28-24-14)18-12-22-23-21(18)16-4-3-9-25(13-16)20(26)11-15-5-7-17(27-2)8-6-15/h5-8,10,12,16H,3-4,9,11,13H2,1-2H3,(H,22,23)/t16-/m0/s1. The molecule has 1 N–H and O–H groups in total. The number of nitrogens with one attached hydrogen (secondary N) is 1. The van der Waals surface area contributed by atoms with Crippen LogP contribution < -0.4 is 4.74 Å². The van der Waals surface area contributed by atoms with Gasteiger partial charge < -0.3 is 14.2 Å². The molecule has 1 atom stereocenters. The molecule has 1 aliphatic heterocycles. The number of aryl methyl sites for hydroxylation is 1. The lowest BCUT2D eigenvalue weighted by Crippen LogP contribution is -2.40. The van der Waals surface area contributed by atoms with Crippen LogP contribution in [-0.4, -0.2) is 46.4 Å². The van der Waals surface area contributed by atoms with Crippen LogP contribution in [0.1, 0.15) is 35.7 Å². The maximum Gasteiger partial charge on any atom is 0.227 e. The summed E-state index contributed by atoms with van der Waals surface area (Å²) in [6.45, 7) is 3.36. The minimum Gasteiger partial charge on any atom is -0.497 e. The minimum absolute atomic E-state index is 0.145. The highest BCUT2D eigenvalue weighted by Gasteiger charge is 2.28. The molecule has 7 nitrogen and oxygen atoms in total. The van der Waals surface area contributed by atoms with Gasteiger partial charge in [-0.2, -0.15) is 5.10 Å². The molecule has 1 aliphatic rings. The van der Waals surface area contributed by atoms with E-state index in [1.807, 2.05) is 42.2 Å². The Labute approximate surface area is 163 Å². The summed E-state index contributed by atoms with van der Waals surface area (Å²) < 4.78 is 10.6. The van der Waals surface area contributed by atoms with Crippen molar-refractivity contribution in [3.63, 3.8) is 0 Å². The van der Waals surface area contributed by atoms with Gasteiger partial charge in [-0.25, -0.2) is 0 Å². The Balaban J connectivity index is 1.46. The third kappa shape index (κ3) is 3.78. The molecular formula is C21H24N4O3. The Hall–Kier alpha value is -3.09. The largest absolute Gasteiger partial charge is 0.497 e. The molecule has 7 heteroatoms. The quantitative estimate of drug-likeness (QED) is 0.734. The number of nitrogens with zero attached hydrogens (tertiary/aromatic N) is 3. The SMILES string of the molecule is COc1ccc(CC(=O)N2CCC[C@H](c3[nH]ncc3-c3cc(C)no3)C2)cc1. The van der Waals surface area contributed by atoms with Crippen LogP contribution in [0.5, 0.6) is 5.75 Å². The van der Waals surface area contributed by atoms with Gasteiger partial charge in [-0.3, -0.25) is 9.89 Å². The van der Waals surface area contributed by atoms with Crippen molar-refractivity contribution in [3.8, 4) is 17.1 Å². The van der Waals surface area contributed by atoms with Gasteiger partial charge in [0.25, 0.3) is 0 Å². The van der Waals surface area contributed by atoms with E-state index < -0.39 is 0 Å². The van der Waals surface area contributed by atoms with Gasteiger partial charge in [-0.05, 0) is 37.5 Å². The number of benzene rings is 1. The van der Waals surface area contributed by atoms with Gasteiger partial charge in [0.15, 0.2) is 5.76 Å². The maximum absolute atomic E-state index is 12.8. The Bertz CT molecular complexity index is 945. The molecule has 3 aromatic rings. The Kier molecular flexibility index (Phi) is 5.14. The van der Waals surface area contributed by atoms with E-state index in [0.717, 1.165) is 47.7 Å². The average molecular weight is 380 g/mol. The maximum atomic E-state index is 12.8. The van der Waals surface area contributed by atoms with Gasteiger partial charge >= 0.3 is 0 Å². The molecule has 0 aliphatic carbocycles. The lowest BCUT2D eigenvalue weighted by molar-refractivity contribution is -0.131. The van der Waals surface area contributed by atoms with Gasteiger partial charge in [0.2, 0.25) is 5.91 Å². The zero-order chi connectivity index (χ0) is 19.5. The van der Waals surface area contributed by atoms with E-state index in [9.17, 15) is 4.79 Å². The number of carbonyl (C=O) groups is 1. The number of rotatable bonds is 5. The first-order valence-electron chi connectivity index (χ1n) is 9.51. The van der Waals surface area contributed by atoms with Gasteiger partial charge in [-0.15, -0.1) is 0 Å². The zero-order valence-corrected chi connectivity index (χ0v) is 16.1. The molecule has 1 aromatic carbocycles. The van der Waals surface area contributed by atoms with E-state index >= 15 is 0 Å². The number of hydrogen-bond acceptors (Lipinski definition) is 5. The van der Waals surface area contributed by atoms with Crippen molar-refractivity contribution in [2.45, 2.75) is 32.1 Å². The van der Waals surface area contributed by atoms with Crippen molar-refractivity contribution in [1.29, 1.82) is 0 Å². The minimum atomic E-state index is 0.145. The van der Waals surface area contributed by atoms with Crippen LogP contribution in [0.25, 0.3) is 11.3 Å². The average Bonchev–Trinajstić information content (AvgIpc) is 3.37. The van der Waals surface area contributed by atoms with Gasteiger partial charge in [0, 0.05) is 25.1 Å². The number of H-pyrrole nitrogens is 1. The summed E-state index contributed by atoms with van der Waals surface area (Å²) in [5.41, 5.74) is 3.77. The van der Waals surface area contributed by atoms with E-state index in [0.29, 0.717) is 18.7 Å².